The van der Waals surface area contributed by atoms with Crippen molar-refractivity contribution in [1.82, 2.24) is 0 Å². The molecule has 0 saturated carbocycles. The van der Waals surface area contributed by atoms with Crippen LogP contribution in [0.1, 0.15) is 46.5 Å². The van der Waals surface area contributed by atoms with E-state index >= 15 is 0 Å². The van der Waals surface area contributed by atoms with Gasteiger partial charge in [-0.2, -0.15) is 13.2 Å². The van der Waals surface area contributed by atoms with Crippen molar-refractivity contribution < 1.29 is 32.2 Å². The van der Waals surface area contributed by atoms with Crippen molar-refractivity contribution in [1.29, 1.82) is 0 Å². The molecule has 0 radical (unpaired) electrons. The van der Waals surface area contributed by atoms with E-state index in [9.17, 15) is 18.0 Å². The maximum atomic E-state index is 12.4. The fraction of sp³-hybridized carbons (Fsp3) is 0.812. The van der Waals surface area contributed by atoms with Crippen LogP contribution in [0.15, 0.2) is 11.6 Å². The van der Waals surface area contributed by atoms with E-state index in [1.807, 2.05) is 13.8 Å². The van der Waals surface area contributed by atoms with E-state index in [1.54, 1.807) is 0 Å². The van der Waals surface area contributed by atoms with Gasteiger partial charge in [0.05, 0.1) is 18.8 Å². The monoisotopic (exact) mass is 336 g/mol. The molecule has 0 spiro atoms. The van der Waals surface area contributed by atoms with Crippen LogP contribution in [0.25, 0.3) is 0 Å². The van der Waals surface area contributed by atoms with Crippen molar-refractivity contribution in [2.75, 3.05) is 7.11 Å². The number of carbonyl (C=O) groups is 1. The first-order valence-corrected chi connectivity index (χ1v) is 7.69. The zero-order chi connectivity index (χ0) is 17.5. The Morgan fingerprint density at radius 1 is 1.22 bits per heavy atom. The van der Waals surface area contributed by atoms with Crippen LogP contribution in [0.5, 0.6) is 0 Å². The Morgan fingerprint density at radius 3 is 2.43 bits per heavy atom. The first-order valence-electron chi connectivity index (χ1n) is 7.69. The molecule has 4 nitrogen and oxygen atoms in total. The minimum absolute atomic E-state index is 0.00131. The van der Waals surface area contributed by atoms with Crippen LogP contribution >= 0.6 is 0 Å². The molecule has 2 aliphatic heterocycles. The van der Waals surface area contributed by atoms with Gasteiger partial charge in [0.25, 0.3) is 0 Å². The van der Waals surface area contributed by atoms with Crippen LogP contribution in [0.3, 0.4) is 0 Å². The summed E-state index contributed by atoms with van der Waals surface area (Å²) in [5.41, 5.74) is -1.46. The predicted octanol–water partition coefficient (Wildman–Crippen LogP) is 3.54. The summed E-state index contributed by atoms with van der Waals surface area (Å²) in [6.45, 7) is 4.83. The van der Waals surface area contributed by atoms with Crippen molar-refractivity contribution in [3.05, 3.63) is 11.6 Å². The number of hydrogen-bond donors (Lipinski definition) is 0. The number of carbonyl (C=O) groups excluding carboxylic acids is 1. The number of esters is 1. The average molecular weight is 336 g/mol. The van der Waals surface area contributed by atoms with Gasteiger partial charge in [-0.3, -0.25) is 0 Å². The number of allylic oxidation sites excluding steroid dienone is 2. The van der Waals surface area contributed by atoms with Gasteiger partial charge < -0.3 is 14.2 Å². The molecule has 2 aliphatic rings. The summed E-state index contributed by atoms with van der Waals surface area (Å²) >= 11 is 0. The lowest BCUT2D eigenvalue weighted by Gasteiger charge is -2.08. The van der Waals surface area contributed by atoms with Gasteiger partial charge in [-0.1, -0.05) is 6.08 Å². The van der Waals surface area contributed by atoms with Crippen LogP contribution < -0.4 is 0 Å². The van der Waals surface area contributed by atoms with E-state index in [-0.39, 0.29) is 17.7 Å². The molecule has 2 saturated heterocycles. The Balaban J connectivity index is 1.72. The average Bonchev–Trinajstić information content (AvgIpc) is 3.31. The lowest BCUT2D eigenvalue weighted by Crippen LogP contribution is -2.20. The van der Waals surface area contributed by atoms with Crippen molar-refractivity contribution in [3.8, 4) is 0 Å². The van der Waals surface area contributed by atoms with Gasteiger partial charge in [0.2, 0.25) is 0 Å². The highest BCUT2D eigenvalue weighted by Crippen LogP contribution is 2.48. The Morgan fingerprint density at radius 2 is 1.87 bits per heavy atom. The topological polar surface area (TPSA) is 51.4 Å². The first-order chi connectivity index (χ1) is 10.5. The molecular formula is C16H23F3O4. The summed E-state index contributed by atoms with van der Waals surface area (Å²) < 4.78 is 52.9. The number of halogens is 3. The summed E-state index contributed by atoms with van der Waals surface area (Å²) in [4.78, 5) is 11.4. The number of methoxy groups -OCH3 is 1. The third-order valence-corrected chi connectivity index (χ3v) is 4.78. The van der Waals surface area contributed by atoms with Gasteiger partial charge in [-0.25, -0.2) is 4.79 Å². The molecule has 0 N–H and O–H groups in total. The molecule has 4 atom stereocenters. The Labute approximate surface area is 134 Å². The minimum atomic E-state index is -4.26. The van der Waals surface area contributed by atoms with E-state index < -0.39 is 23.5 Å². The fourth-order valence-electron chi connectivity index (χ4n) is 2.81. The number of hydrogen-bond acceptors (Lipinski definition) is 4. The van der Waals surface area contributed by atoms with Crippen LogP contribution in [-0.2, 0) is 19.0 Å². The summed E-state index contributed by atoms with van der Waals surface area (Å²) in [5.74, 6) is -0.375. The third kappa shape index (κ3) is 4.26. The molecule has 2 heterocycles. The SMILES string of the molecule is COC(=O)[C@H]1O[C@]1(C)CC[C@H]1O[C@]1(C)CC/C=C(/C)C(F)(F)F. The third-order valence-electron chi connectivity index (χ3n) is 4.78. The van der Waals surface area contributed by atoms with Gasteiger partial charge in [0.1, 0.15) is 5.60 Å². The molecule has 0 aliphatic carbocycles. The highest BCUT2D eigenvalue weighted by Gasteiger charge is 2.59. The summed E-state index contributed by atoms with van der Waals surface area (Å²) in [6.07, 6.45) is -1.32. The Hall–Kier alpha value is -1.08. The van der Waals surface area contributed by atoms with E-state index in [1.165, 1.54) is 13.2 Å². The summed E-state index contributed by atoms with van der Waals surface area (Å²) in [5, 5.41) is 0. The van der Waals surface area contributed by atoms with Gasteiger partial charge in [-0.05, 0) is 46.5 Å². The molecule has 132 valence electrons. The minimum Gasteiger partial charge on any atom is -0.467 e. The number of ether oxygens (including phenoxy) is 3. The van der Waals surface area contributed by atoms with Crippen molar-refractivity contribution >= 4 is 5.97 Å². The largest absolute Gasteiger partial charge is 0.467 e. The van der Waals surface area contributed by atoms with Crippen LogP contribution in [-0.4, -0.2) is 42.7 Å². The highest BCUT2D eigenvalue weighted by atomic mass is 19.4. The molecule has 0 amide bonds. The lowest BCUT2D eigenvalue weighted by atomic mass is 9.93. The van der Waals surface area contributed by atoms with E-state index in [0.717, 1.165) is 6.92 Å². The van der Waals surface area contributed by atoms with Crippen LogP contribution in [0.2, 0.25) is 0 Å². The maximum Gasteiger partial charge on any atom is 0.412 e. The van der Waals surface area contributed by atoms with Crippen LogP contribution in [0, 0.1) is 0 Å². The number of alkyl halides is 3. The zero-order valence-corrected chi connectivity index (χ0v) is 13.8. The number of epoxide rings is 2. The Bertz CT molecular complexity index is 502. The first kappa shape index (κ1) is 18.3. The maximum absolute atomic E-state index is 12.4. The highest BCUT2D eigenvalue weighted by molar-refractivity contribution is 5.79. The number of rotatable bonds is 7. The Kier molecular flexibility index (Phi) is 4.84. The second kappa shape index (κ2) is 6.09. The summed E-state index contributed by atoms with van der Waals surface area (Å²) in [6, 6.07) is 0. The van der Waals surface area contributed by atoms with Gasteiger partial charge in [0.15, 0.2) is 6.10 Å². The van der Waals surface area contributed by atoms with E-state index in [2.05, 4.69) is 4.74 Å². The van der Waals surface area contributed by atoms with E-state index in [4.69, 9.17) is 9.47 Å². The quantitative estimate of drug-likeness (QED) is 0.405. The van der Waals surface area contributed by atoms with E-state index in [0.29, 0.717) is 25.7 Å². The predicted molar refractivity (Wildman–Crippen MR) is 76.9 cm³/mol. The molecule has 0 aromatic rings. The van der Waals surface area contributed by atoms with Crippen molar-refractivity contribution in [2.24, 2.45) is 0 Å². The second-order valence-electron chi connectivity index (χ2n) is 6.72. The zero-order valence-electron chi connectivity index (χ0n) is 13.8. The standard InChI is InChI=1S/C16H23F3O4/c1-10(16(17,18)19)6-5-8-14(2)11(22-14)7-9-15(3)12(23-15)13(20)21-4/h6,11-12H,5,7-9H2,1-4H3/b10-6-/t11-,12-,14-,15-/m1/s1. The lowest BCUT2D eigenvalue weighted by molar-refractivity contribution is -0.142. The van der Waals surface area contributed by atoms with Gasteiger partial charge in [-0.15, -0.1) is 0 Å². The van der Waals surface area contributed by atoms with Crippen molar-refractivity contribution in [3.63, 3.8) is 0 Å². The molecule has 0 bridgehead atoms. The molecule has 7 heteroatoms. The molecule has 0 unspecified atom stereocenters. The van der Waals surface area contributed by atoms with Gasteiger partial charge >= 0.3 is 12.1 Å². The van der Waals surface area contributed by atoms with Crippen LogP contribution in [0.4, 0.5) is 13.2 Å². The normalized spacial score (nSPS) is 36.7. The second-order valence-corrected chi connectivity index (χ2v) is 6.72. The molecular weight excluding hydrogens is 313 g/mol. The van der Waals surface area contributed by atoms with Crippen molar-refractivity contribution in [2.45, 2.75) is 76.0 Å². The fourth-order valence-corrected chi connectivity index (χ4v) is 2.81. The molecule has 2 fully saturated rings. The molecule has 0 aromatic heterocycles. The molecule has 23 heavy (non-hydrogen) atoms. The molecule has 0 aromatic carbocycles. The van der Waals surface area contributed by atoms with Gasteiger partial charge in [0, 0.05) is 5.57 Å². The smallest absolute Gasteiger partial charge is 0.412 e. The molecule has 2 rings (SSSR count). The summed E-state index contributed by atoms with van der Waals surface area (Å²) in [7, 11) is 1.32.